The van der Waals surface area contributed by atoms with Gasteiger partial charge in [-0.25, -0.2) is 0 Å². The van der Waals surface area contributed by atoms with Crippen molar-refractivity contribution >= 4 is 15.9 Å². The molecule has 1 unspecified atom stereocenters. The summed E-state index contributed by atoms with van der Waals surface area (Å²) in [5.74, 6) is -0.740. The zero-order valence-electron chi connectivity index (χ0n) is 19.4. The molecule has 0 aliphatic carbocycles. The van der Waals surface area contributed by atoms with Crippen LogP contribution in [0.5, 0.6) is 11.5 Å². The highest BCUT2D eigenvalue weighted by atomic mass is 32.2. The van der Waals surface area contributed by atoms with Crippen molar-refractivity contribution < 1.29 is 45.1 Å². The third kappa shape index (κ3) is 6.17. The first-order valence-electron chi connectivity index (χ1n) is 11.3. The third-order valence-electron chi connectivity index (χ3n) is 5.68. The summed E-state index contributed by atoms with van der Waals surface area (Å²) in [7, 11) is -5.96. The van der Waals surface area contributed by atoms with Crippen LogP contribution in [-0.2, 0) is 24.3 Å². The summed E-state index contributed by atoms with van der Waals surface area (Å²) < 4.78 is 83.2. The van der Waals surface area contributed by atoms with Gasteiger partial charge in [0.1, 0.15) is 11.4 Å². The van der Waals surface area contributed by atoms with Gasteiger partial charge >= 0.3 is 15.6 Å². The molecule has 14 heteroatoms. The minimum atomic E-state index is -5.96. The fourth-order valence-electron chi connectivity index (χ4n) is 3.94. The van der Waals surface area contributed by atoms with Crippen LogP contribution in [0.1, 0.15) is 24.8 Å². The summed E-state index contributed by atoms with van der Waals surface area (Å²) in [5.41, 5.74) is -5.74. The molecule has 2 aliphatic rings. The van der Waals surface area contributed by atoms with Gasteiger partial charge in [0.05, 0.1) is 24.9 Å². The van der Waals surface area contributed by atoms with Crippen molar-refractivity contribution in [3.05, 3.63) is 29.8 Å². The minimum absolute atomic E-state index is 0.0637. The van der Waals surface area contributed by atoms with Gasteiger partial charge in [-0.3, -0.25) is 0 Å². The Kier molecular flexibility index (Phi) is 7.87. The first kappa shape index (κ1) is 26.4. The molecule has 0 saturated carbocycles. The monoisotopic (exact) mass is 533 g/mol. The van der Waals surface area contributed by atoms with Crippen LogP contribution in [0.3, 0.4) is 0 Å². The largest absolute Gasteiger partial charge is 0.534 e. The number of rotatable bonds is 7. The molecule has 2 atom stereocenters. The summed E-state index contributed by atoms with van der Waals surface area (Å²) in [6, 6.07) is 5.30. The molecule has 0 amide bonds. The van der Waals surface area contributed by atoms with E-state index in [-0.39, 0.29) is 29.2 Å². The smallest absolute Gasteiger partial charge is 0.507 e. The van der Waals surface area contributed by atoms with Crippen molar-refractivity contribution in [1.82, 2.24) is 10.2 Å². The van der Waals surface area contributed by atoms with Gasteiger partial charge in [-0.1, -0.05) is 0 Å². The van der Waals surface area contributed by atoms with Crippen LogP contribution in [0.4, 0.5) is 19.0 Å². The average molecular weight is 534 g/mol. The number of phenols is 1. The molecule has 2 aliphatic heterocycles. The summed E-state index contributed by atoms with van der Waals surface area (Å²) in [4.78, 5) is 1.91. The Labute approximate surface area is 206 Å². The molecule has 2 fully saturated rings. The summed E-state index contributed by atoms with van der Waals surface area (Å²) >= 11 is 0. The van der Waals surface area contributed by atoms with E-state index < -0.39 is 27.1 Å². The van der Waals surface area contributed by atoms with Gasteiger partial charge in [0.2, 0.25) is 0 Å². The van der Waals surface area contributed by atoms with Gasteiger partial charge in [0.15, 0.2) is 17.9 Å². The van der Waals surface area contributed by atoms with E-state index in [2.05, 4.69) is 14.4 Å². The third-order valence-corrected chi connectivity index (χ3v) is 6.65. The predicted octanol–water partition coefficient (Wildman–Crippen LogP) is 3.13. The highest BCUT2D eigenvalue weighted by Crippen LogP contribution is 2.40. The number of hydrogen-bond acceptors (Lipinski definition) is 10. The molecular weight excluding hydrogens is 507 g/mol. The zero-order chi connectivity index (χ0) is 25.9. The van der Waals surface area contributed by atoms with Crippen LogP contribution < -0.4 is 9.08 Å². The molecule has 1 aromatic carbocycles. The van der Waals surface area contributed by atoms with E-state index in [0.29, 0.717) is 38.7 Å². The van der Waals surface area contributed by atoms with Gasteiger partial charge in [-0.2, -0.15) is 21.6 Å². The number of aryl methyl sites for hydroxylation is 1. The standard InChI is InChI=1S/C22H26F3N3O7S/c1-14-10-17(29)21(18(11-14)35-36(30,31)22(23,24)25)16-5-6-19(27-26-16)28-7-9-32-15(12-28)13-34-20-4-2-3-8-33-20/h5-6,10-11,15,20,29H,2-4,7-9,12-13H2,1H3/t15-,20?/m0/s1. The summed E-state index contributed by atoms with van der Waals surface area (Å²) in [5, 5.41) is 18.5. The molecule has 3 heterocycles. The summed E-state index contributed by atoms with van der Waals surface area (Å²) in [6.07, 6.45) is 2.45. The molecule has 4 rings (SSSR count). The number of halogens is 3. The lowest BCUT2D eigenvalue weighted by Gasteiger charge is -2.34. The zero-order valence-corrected chi connectivity index (χ0v) is 20.2. The van der Waals surface area contributed by atoms with E-state index in [1.54, 1.807) is 6.07 Å². The van der Waals surface area contributed by atoms with Crippen molar-refractivity contribution in [3.63, 3.8) is 0 Å². The maximum atomic E-state index is 12.9. The van der Waals surface area contributed by atoms with Gasteiger partial charge < -0.3 is 28.4 Å². The van der Waals surface area contributed by atoms with Crippen LogP contribution in [0.2, 0.25) is 0 Å². The van der Waals surface area contributed by atoms with Gasteiger partial charge in [-0.05, 0) is 56.0 Å². The fraction of sp³-hybridized carbons (Fsp3) is 0.545. The van der Waals surface area contributed by atoms with Crippen molar-refractivity contribution in [2.45, 2.75) is 44.1 Å². The number of phenolic OH excluding ortho intramolecular Hbond substituents is 1. The number of nitrogens with zero attached hydrogens (tertiary/aromatic N) is 3. The second kappa shape index (κ2) is 10.7. The molecule has 1 aromatic heterocycles. The lowest BCUT2D eigenvalue weighted by Crippen LogP contribution is -2.45. The van der Waals surface area contributed by atoms with Crippen LogP contribution in [0.15, 0.2) is 24.3 Å². The first-order valence-corrected chi connectivity index (χ1v) is 12.7. The number of alkyl halides is 3. The number of anilines is 1. The molecule has 2 aromatic rings. The Morgan fingerprint density at radius 3 is 2.64 bits per heavy atom. The molecule has 0 spiro atoms. The molecule has 36 heavy (non-hydrogen) atoms. The van der Waals surface area contributed by atoms with Crippen LogP contribution in [0.25, 0.3) is 11.3 Å². The second-order valence-electron chi connectivity index (χ2n) is 8.49. The molecule has 2 saturated heterocycles. The van der Waals surface area contributed by atoms with E-state index in [1.807, 2.05) is 4.90 Å². The van der Waals surface area contributed by atoms with Gasteiger partial charge in [0.25, 0.3) is 0 Å². The predicted molar refractivity (Wildman–Crippen MR) is 121 cm³/mol. The lowest BCUT2D eigenvalue weighted by molar-refractivity contribution is -0.180. The topological polar surface area (TPSA) is 120 Å². The average Bonchev–Trinajstić information content (AvgIpc) is 2.83. The minimum Gasteiger partial charge on any atom is -0.507 e. The maximum absolute atomic E-state index is 12.9. The Hall–Kier alpha value is -2.68. The number of benzene rings is 1. The quantitative estimate of drug-likeness (QED) is 0.420. The SMILES string of the molecule is Cc1cc(O)c(-c2ccc(N3CCO[C@H](COC4CCCCO4)C3)nn2)c(OS(=O)(=O)C(F)(F)F)c1. The molecule has 10 nitrogen and oxygen atoms in total. The van der Waals surface area contributed by atoms with Crippen LogP contribution in [0, 0.1) is 6.92 Å². The van der Waals surface area contributed by atoms with Gasteiger partial charge in [0, 0.05) is 19.7 Å². The number of ether oxygens (including phenoxy) is 3. The van der Waals surface area contributed by atoms with E-state index in [9.17, 15) is 26.7 Å². The number of morpholine rings is 1. The Morgan fingerprint density at radius 2 is 1.97 bits per heavy atom. The van der Waals surface area contributed by atoms with E-state index in [1.165, 1.54) is 19.1 Å². The fourth-order valence-corrected chi connectivity index (χ4v) is 4.40. The molecule has 0 bridgehead atoms. The molecule has 1 N–H and O–H groups in total. The molecular formula is C22H26F3N3O7S. The number of aromatic nitrogens is 2. The van der Waals surface area contributed by atoms with E-state index >= 15 is 0 Å². The lowest BCUT2D eigenvalue weighted by atomic mass is 10.1. The van der Waals surface area contributed by atoms with Crippen molar-refractivity contribution in [2.75, 3.05) is 37.8 Å². The van der Waals surface area contributed by atoms with Crippen molar-refractivity contribution in [1.29, 1.82) is 0 Å². The summed E-state index contributed by atoms with van der Waals surface area (Å²) in [6.45, 7) is 3.90. The number of hydrogen-bond donors (Lipinski definition) is 1. The Bertz CT molecular complexity index is 1160. The van der Waals surface area contributed by atoms with Crippen molar-refractivity contribution in [3.8, 4) is 22.8 Å². The second-order valence-corrected chi connectivity index (χ2v) is 10.0. The highest BCUT2D eigenvalue weighted by molar-refractivity contribution is 7.88. The highest BCUT2D eigenvalue weighted by Gasteiger charge is 2.49. The maximum Gasteiger partial charge on any atom is 0.534 e. The van der Waals surface area contributed by atoms with E-state index in [0.717, 1.165) is 25.3 Å². The number of aromatic hydroxyl groups is 1. The Morgan fingerprint density at radius 1 is 1.17 bits per heavy atom. The normalized spacial score (nSPS) is 21.4. The van der Waals surface area contributed by atoms with Crippen molar-refractivity contribution in [2.24, 2.45) is 0 Å². The van der Waals surface area contributed by atoms with Crippen LogP contribution in [-0.4, -0.2) is 74.5 Å². The van der Waals surface area contributed by atoms with Crippen LogP contribution >= 0.6 is 0 Å². The van der Waals surface area contributed by atoms with E-state index in [4.69, 9.17) is 14.2 Å². The molecule has 0 radical (unpaired) electrons. The first-order chi connectivity index (χ1) is 17.0. The Balaban J connectivity index is 1.49. The van der Waals surface area contributed by atoms with Gasteiger partial charge in [-0.15, -0.1) is 10.2 Å². The molecule has 198 valence electrons.